The Kier molecular flexibility index (Phi) is 5.90. The standard InChI is InChI=1S/C19H21N5O6S2/c1-9(25)12-14(26)24-13(16(27)28)19(2,32-15(12)24)30-17(29)11-6-4-10(5-7-11)8-31-18-20-21-22-23(18)3/h4-7,9,12-13,15,25H,8H2,1-3H3,(H,27,28)/t9-,12+,13?,15-,19?/m1/s1. The summed E-state index contributed by atoms with van der Waals surface area (Å²) in [6, 6.07) is 5.41. The predicted molar refractivity (Wildman–Crippen MR) is 113 cm³/mol. The Morgan fingerprint density at radius 3 is 2.59 bits per heavy atom. The molecule has 170 valence electrons. The topological polar surface area (TPSA) is 148 Å². The second-order valence-corrected chi connectivity index (χ2v) is 10.2. The Balaban J connectivity index is 1.45. The number of fused-ring (bicyclic) bond motifs is 1. The average molecular weight is 480 g/mol. The van der Waals surface area contributed by atoms with Crippen LogP contribution in [0.15, 0.2) is 29.4 Å². The van der Waals surface area contributed by atoms with E-state index in [0.29, 0.717) is 10.9 Å². The molecule has 5 atom stereocenters. The number of hydrogen-bond acceptors (Lipinski definition) is 10. The summed E-state index contributed by atoms with van der Waals surface area (Å²) in [6.07, 6.45) is -0.925. The van der Waals surface area contributed by atoms with Gasteiger partial charge in [0, 0.05) is 12.8 Å². The van der Waals surface area contributed by atoms with Crippen molar-refractivity contribution in [1.82, 2.24) is 25.1 Å². The molecule has 0 bridgehead atoms. The first-order chi connectivity index (χ1) is 15.1. The van der Waals surface area contributed by atoms with Gasteiger partial charge in [0.05, 0.1) is 23.0 Å². The molecule has 32 heavy (non-hydrogen) atoms. The maximum absolute atomic E-state index is 12.8. The van der Waals surface area contributed by atoms with E-state index >= 15 is 0 Å². The van der Waals surface area contributed by atoms with Gasteiger partial charge >= 0.3 is 11.9 Å². The van der Waals surface area contributed by atoms with Crippen LogP contribution in [0.25, 0.3) is 0 Å². The van der Waals surface area contributed by atoms with Crippen LogP contribution in [0.2, 0.25) is 0 Å². The van der Waals surface area contributed by atoms with E-state index in [0.717, 1.165) is 17.3 Å². The fourth-order valence-corrected chi connectivity index (χ4v) is 6.39. The van der Waals surface area contributed by atoms with E-state index < -0.39 is 46.2 Å². The Labute approximate surface area is 191 Å². The summed E-state index contributed by atoms with van der Waals surface area (Å²) >= 11 is 2.51. The molecule has 0 saturated carbocycles. The summed E-state index contributed by atoms with van der Waals surface area (Å²) in [5.41, 5.74) is 1.20. The number of tetrazole rings is 1. The third-order valence-corrected chi connectivity index (χ3v) is 8.06. The summed E-state index contributed by atoms with van der Waals surface area (Å²) < 4.78 is 7.18. The minimum Gasteiger partial charge on any atom is -0.480 e. The second kappa shape index (κ2) is 8.37. The lowest BCUT2D eigenvalue weighted by atomic mass is 9.90. The molecular formula is C19H21N5O6S2. The second-order valence-electron chi connectivity index (χ2n) is 7.74. The van der Waals surface area contributed by atoms with Crippen molar-refractivity contribution in [3.05, 3.63) is 35.4 Å². The monoisotopic (exact) mass is 479 g/mol. The van der Waals surface area contributed by atoms with Gasteiger partial charge < -0.3 is 19.8 Å². The van der Waals surface area contributed by atoms with Gasteiger partial charge in [-0.25, -0.2) is 14.3 Å². The molecule has 2 aromatic rings. The number of carbonyl (C=O) groups is 3. The number of aliphatic carboxylic acids is 1. The van der Waals surface area contributed by atoms with Crippen LogP contribution in [0.4, 0.5) is 0 Å². The lowest BCUT2D eigenvalue weighted by Crippen LogP contribution is -2.65. The normalized spacial score (nSPS) is 27.6. The van der Waals surface area contributed by atoms with Crippen LogP contribution in [0.3, 0.4) is 0 Å². The highest BCUT2D eigenvalue weighted by molar-refractivity contribution is 8.01. The third kappa shape index (κ3) is 3.84. The van der Waals surface area contributed by atoms with Crippen LogP contribution in [0, 0.1) is 5.92 Å². The van der Waals surface area contributed by atoms with Gasteiger partial charge in [-0.05, 0) is 42.0 Å². The number of carboxylic acids is 1. The first-order valence-corrected chi connectivity index (χ1v) is 11.6. The van der Waals surface area contributed by atoms with E-state index in [4.69, 9.17) is 4.74 Å². The lowest BCUT2D eigenvalue weighted by Gasteiger charge is -2.44. The summed E-state index contributed by atoms with van der Waals surface area (Å²) in [5.74, 6) is -2.53. The van der Waals surface area contributed by atoms with E-state index in [1.54, 1.807) is 36.0 Å². The average Bonchev–Trinajstić information content (AvgIpc) is 3.25. The molecule has 4 rings (SSSR count). The number of amides is 1. The van der Waals surface area contributed by atoms with Crippen LogP contribution >= 0.6 is 23.5 Å². The zero-order valence-corrected chi connectivity index (χ0v) is 19.0. The number of nitrogens with zero attached hydrogens (tertiary/aromatic N) is 5. The smallest absolute Gasteiger partial charge is 0.339 e. The number of aliphatic hydroxyl groups excluding tert-OH is 1. The Bertz CT molecular complexity index is 1060. The van der Waals surface area contributed by atoms with Gasteiger partial charge in [-0.2, -0.15) is 0 Å². The van der Waals surface area contributed by atoms with Crippen molar-refractivity contribution in [2.45, 2.75) is 47.2 Å². The molecule has 2 aliphatic rings. The molecule has 1 aromatic carbocycles. The molecule has 2 N–H and O–H groups in total. The Morgan fingerprint density at radius 1 is 1.34 bits per heavy atom. The SMILES string of the molecule is C[C@@H](O)[C@H]1C(=O)N2C(C(=O)O)C(C)(OC(=O)c3ccc(CSc4nnnn4C)cc3)S[C@H]12. The number of aliphatic hydroxyl groups is 1. The number of β-lactam (4-membered cyclic amide) rings is 1. The fraction of sp³-hybridized carbons (Fsp3) is 0.474. The molecule has 1 amide bonds. The summed E-state index contributed by atoms with van der Waals surface area (Å²) in [5, 5.41) is 30.9. The highest BCUT2D eigenvalue weighted by atomic mass is 32.2. The number of benzene rings is 1. The maximum atomic E-state index is 12.8. The summed E-state index contributed by atoms with van der Waals surface area (Å²) in [6.45, 7) is 2.97. The highest BCUT2D eigenvalue weighted by Crippen LogP contribution is 2.54. The van der Waals surface area contributed by atoms with Crippen LogP contribution in [-0.4, -0.2) is 75.6 Å². The molecule has 13 heteroatoms. The van der Waals surface area contributed by atoms with Crippen LogP contribution in [0.5, 0.6) is 0 Å². The van der Waals surface area contributed by atoms with E-state index in [2.05, 4.69) is 15.5 Å². The summed E-state index contributed by atoms with van der Waals surface area (Å²) in [7, 11) is 1.74. The van der Waals surface area contributed by atoms with Gasteiger partial charge in [0.2, 0.25) is 11.1 Å². The number of aryl methyl sites for hydroxylation is 1. The molecule has 3 heterocycles. The van der Waals surface area contributed by atoms with Crippen molar-refractivity contribution >= 4 is 41.4 Å². The minimum atomic E-state index is -1.49. The van der Waals surface area contributed by atoms with Crippen molar-refractivity contribution in [3.63, 3.8) is 0 Å². The van der Waals surface area contributed by atoms with Crippen LogP contribution in [-0.2, 0) is 27.1 Å². The molecule has 1 aromatic heterocycles. The van der Waals surface area contributed by atoms with Crippen molar-refractivity contribution in [3.8, 4) is 0 Å². The highest BCUT2D eigenvalue weighted by Gasteiger charge is 2.68. The minimum absolute atomic E-state index is 0.262. The number of hydrogen-bond donors (Lipinski definition) is 2. The molecule has 2 saturated heterocycles. The molecule has 0 aliphatic carbocycles. The first-order valence-electron chi connectivity index (χ1n) is 9.70. The van der Waals surface area contributed by atoms with Gasteiger partial charge in [0.25, 0.3) is 0 Å². The van der Waals surface area contributed by atoms with Crippen molar-refractivity contribution in [2.24, 2.45) is 13.0 Å². The molecule has 11 nitrogen and oxygen atoms in total. The molecular weight excluding hydrogens is 458 g/mol. The van der Waals surface area contributed by atoms with Gasteiger partial charge in [-0.15, -0.1) is 5.10 Å². The van der Waals surface area contributed by atoms with Crippen molar-refractivity contribution < 1.29 is 29.3 Å². The predicted octanol–water partition coefficient (Wildman–Crippen LogP) is 0.741. The van der Waals surface area contributed by atoms with Crippen molar-refractivity contribution in [1.29, 1.82) is 0 Å². The molecule has 2 fully saturated rings. The maximum Gasteiger partial charge on any atom is 0.339 e. The number of rotatable bonds is 7. The van der Waals surface area contributed by atoms with Gasteiger partial charge in [-0.1, -0.05) is 35.7 Å². The number of esters is 1. The number of aromatic nitrogens is 4. The third-order valence-electron chi connectivity index (χ3n) is 5.44. The van der Waals surface area contributed by atoms with E-state index in [1.165, 1.54) is 30.5 Å². The number of ether oxygens (including phenoxy) is 1. The van der Waals surface area contributed by atoms with Crippen LogP contribution in [0.1, 0.15) is 29.8 Å². The van der Waals surface area contributed by atoms with E-state index in [9.17, 15) is 24.6 Å². The number of carbonyl (C=O) groups excluding carboxylic acids is 2. The van der Waals surface area contributed by atoms with Crippen LogP contribution < -0.4 is 0 Å². The van der Waals surface area contributed by atoms with Gasteiger partial charge in [0.15, 0.2) is 11.0 Å². The van der Waals surface area contributed by atoms with Gasteiger partial charge in [-0.3, -0.25) is 4.79 Å². The van der Waals surface area contributed by atoms with E-state index in [1.807, 2.05) is 0 Å². The molecule has 0 spiro atoms. The molecule has 0 radical (unpaired) electrons. The number of thioether (sulfide) groups is 2. The molecule has 2 aliphatic heterocycles. The van der Waals surface area contributed by atoms with Crippen molar-refractivity contribution in [2.75, 3.05) is 0 Å². The molecule has 2 unspecified atom stereocenters. The number of carboxylic acid groups (broad SMARTS) is 1. The quantitative estimate of drug-likeness (QED) is 0.329. The Morgan fingerprint density at radius 2 is 2.03 bits per heavy atom. The van der Waals surface area contributed by atoms with Gasteiger partial charge in [0.1, 0.15) is 0 Å². The fourth-order valence-electron chi connectivity index (χ4n) is 3.81. The van der Waals surface area contributed by atoms with E-state index in [-0.39, 0.29) is 5.56 Å². The Hall–Kier alpha value is -2.64. The first kappa shape index (κ1) is 22.6. The largest absolute Gasteiger partial charge is 0.480 e. The zero-order chi connectivity index (χ0) is 23.2. The zero-order valence-electron chi connectivity index (χ0n) is 17.4. The lowest BCUT2D eigenvalue weighted by molar-refractivity contribution is -0.172. The summed E-state index contributed by atoms with van der Waals surface area (Å²) in [4.78, 5) is 36.8.